The Labute approximate surface area is 184 Å². The summed E-state index contributed by atoms with van der Waals surface area (Å²) in [6.45, 7) is 6.34. The molecular formula is C21H23N5O2S2. The summed E-state index contributed by atoms with van der Waals surface area (Å²) in [5.74, 6) is -0.304. The van der Waals surface area contributed by atoms with E-state index in [0.29, 0.717) is 11.7 Å². The zero-order valence-corrected chi connectivity index (χ0v) is 18.7. The summed E-state index contributed by atoms with van der Waals surface area (Å²) in [6, 6.07) is 7.58. The van der Waals surface area contributed by atoms with E-state index in [1.54, 1.807) is 30.7 Å². The van der Waals surface area contributed by atoms with Gasteiger partial charge in [0.1, 0.15) is 6.54 Å². The van der Waals surface area contributed by atoms with Crippen LogP contribution in [0.3, 0.4) is 0 Å². The highest BCUT2D eigenvalue weighted by Gasteiger charge is 2.42. The molecule has 0 aromatic carbocycles. The summed E-state index contributed by atoms with van der Waals surface area (Å²) in [4.78, 5) is 23.3. The second-order valence-electron chi connectivity index (χ2n) is 7.04. The van der Waals surface area contributed by atoms with Gasteiger partial charge in [0.2, 0.25) is 0 Å². The predicted octanol–water partition coefficient (Wildman–Crippen LogP) is 3.48. The first-order valence-electron chi connectivity index (χ1n) is 9.73. The SMILES string of the molecule is CCOC(=O)CN1C(=S)N[C@@H](c2ccccn2)[C@@H]1c1cc(C)n(-c2nccs2)c1C. The zero-order valence-electron chi connectivity index (χ0n) is 17.0. The smallest absolute Gasteiger partial charge is 0.325 e. The number of hydrogen-bond donors (Lipinski definition) is 1. The topological polar surface area (TPSA) is 72.3 Å². The maximum atomic E-state index is 12.3. The van der Waals surface area contributed by atoms with E-state index >= 15 is 0 Å². The number of aromatic nitrogens is 3. The van der Waals surface area contributed by atoms with Gasteiger partial charge in [-0.3, -0.25) is 14.3 Å². The van der Waals surface area contributed by atoms with Gasteiger partial charge in [-0.2, -0.15) is 0 Å². The Balaban J connectivity index is 1.80. The molecule has 156 valence electrons. The lowest BCUT2D eigenvalue weighted by atomic mass is 9.97. The third kappa shape index (κ3) is 3.70. The van der Waals surface area contributed by atoms with Crippen molar-refractivity contribution in [2.45, 2.75) is 32.9 Å². The molecule has 0 spiro atoms. The van der Waals surface area contributed by atoms with Gasteiger partial charge in [-0.1, -0.05) is 6.07 Å². The number of carbonyl (C=O) groups is 1. The molecule has 1 fully saturated rings. The summed E-state index contributed by atoms with van der Waals surface area (Å²) in [5.41, 5.74) is 4.09. The lowest BCUT2D eigenvalue weighted by Gasteiger charge is -2.27. The first kappa shape index (κ1) is 20.5. The molecule has 0 saturated carbocycles. The van der Waals surface area contributed by atoms with Crippen LogP contribution in [0.15, 0.2) is 42.0 Å². The van der Waals surface area contributed by atoms with E-state index in [9.17, 15) is 4.79 Å². The molecule has 2 atom stereocenters. The molecule has 0 radical (unpaired) electrons. The van der Waals surface area contributed by atoms with Crippen molar-refractivity contribution in [3.05, 3.63) is 64.7 Å². The van der Waals surface area contributed by atoms with Gasteiger partial charge in [0.05, 0.1) is 24.4 Å². The van der Waals surface area contributed by atoms with Crippen molar-refractivity contribution >= 4 is 34.6 Å². The van der Waals surface area contributed by atoms with Crippen LogP contribution >= 0.6 is 23.6 Å². The number of hydrogen-bond acceptors (Lipinski definition) is 6. The lowest BCUT2D eigenvalue weighted by molar-refractivity contribution is -0.143. The van der Waals surface area contributed by atoms with Crippen molar-refractivity contribution in [2.24, 2.45) is 0 Å². The zero-order chi connectivity index (χ0) is 21.3. The number of nitrogens with zero attached hydrogens (tertiary/aromatic N) is 4. The van der Waals surface area contributed by atoms with E-state index in [2.05, 4.69) is 39.8 Å². The summed E-state index contributed by atoms with van der Waals surface area (Å²) >= 11 is 7.21. The Morgan fingerprint density at radius 3 is 2.80 bits per heavy atom. The van der Waals surface area contributed by atoms with Gasteiger partial charge in [-0.15, -0.1) is 11.3 Å². The molecule has 1 N–H and O–H groups in total. The second-order valence-corrected chi connectivity index (χ2v) is 8.30. The van der Waals surface area contributed by atoms with E-state index in [-0.39, 0.29) is 24.6 Å². The van der Waals surface area contributed by atoms with E-state index in [4.69, 9.17) is 17.0 Å². The minimum absolute atomic E-state index is 0.0780. The van der Waals surface area contributed by atoms with Crippen LogP contribution < -0.4 is 5.32 Å². The molecule has 1 aliphatic heterocycles. The quantitative estimate of drug-likeness (QED) is 0.464. The largest absolute Gasteiger partial charge is 0.465 e. The van der Waals surface area contributed by atoms with Crippen molar-refractivity contribution in [2.75, 3.05) is 13.2 Å². The Bertz CT molecular complexity index is 1050. The average molecular weight is 442 g/mol. The number of thiocarbonyl (C=S) groups is 1. The molecule has 0 unspecified atom stereocenters. The van der Waals surface area contributed by atoms with Gasteiger partial charge in [0.15, 0.2) is 10.2 Å². The molecule has 4 rings (SSSR count). The van der Waals surface area contributed by atoms with Gasteiger partial charge in [-0.25, -0.2) is 4.98 Å². The number of thiazole rings is 1. The maximum Gasteiger partial charge on any atom is 0.325 e. The third-order valence-corrected chi connectivity index (χ3v) is 6.31. The Morgan fingerprint density at radius 1 is 1.30 bits per heavy atom. The van der Waals surface area contributed by atoms with E-state index < -0.39 is 0 Å². The van der Waals surface area contributed by atoms with Gasteiger partial charge >= 0.3 is 5.97 Å². The summed E-state index contributed by atoms with van der Waals surface area (Å²) in [7, 11) is 0. The number of esters is 1. The van der Waals surface area contributed by atoms with Crippen molar-refractivity contribution in [3.8, 4) is 5.13 Å². The fourth-order valence-corrected chi connectivity index (χ4v) is 5.02. The number of ether oxygens (including phenoxy) is 1. The van der Waals surface area contributed by atoms with E-state index in [1.165, 1.54) is 0 Å². The highest BCUT2D eigenvalue weighted by molar-refractivity contribution is 7.80. The van der Waals surface area contributed by atoms with Crippen LogP contribution in [-0.2, 0) is 9.53 Å². The van der Waals surface area contributed by atoms with Crippen molar-refractivity contribution in [3.63, 3.8) is 0 Å². The molecule has 0 aliphatic carbocycles. The third-order valence-electron chi connectivity index (χ3n) is 5.20. The van der Waals surface area contributed by atoms with Crippen LogP contribution in [0.1, 0.15) is 41.7 Å². The van der Waals surface area contributed by atoms with Crippen molar-refractivity contribution in [1.29, 1.82) is 0 Å². The van der Waals surface area contributed by atoms with Gasteiger partial charge in [0, 0.05) is 29.2 Å². The highest BCUT2D eigenvalue weighted by atomic mass is 32.1. The van der Waals surface area contributed by atoms with Gasteiger partial charge < -0.3 is 15.0 Å². The van der Waals surface area contributed by atoms with Crippen LogP contribution in [0, 0.1) is 13.8 Å². The molecule has 0 bridgehead atoms. The molecule has 1 saturated heterocycles. The standard InChI is InChI=1S/C21H23N5O2S2/c1-4-28-17(27)12-25-19(18(24-20(25)29)16-7-5-6-8-22-16)15-11-13(2)26(14(15)3)21-23-9-10-30-21/h5-11,18-19H,4,12H2,1-3H3,(H,24,29)/t18-,19-/m0/s1. The normalized spacial score (nSPS) is 18.5. The fourth-order valence-electron chi connectivity index (χ4n) is 3.97. The monoisotopic (exact) mass is 441 g/mol. The minimum atomic E-state index is -0.304. The van der Waals surface area contributed by atoms with E-state index in [0.717, 1.165) is 27.8 Å². The van der Waals surface area contributed by atoms with Crippen LogP contribution in [0.25, 0.3) is 5.13 Å². The highest BCUT2D eigenvalue weighted by Crippen LogP contribution is 2.41. The van der Waals surface area contributed by atoms with Crippen LogP contribution in [0.5, 0.6) is 0 Å². The Hall–Kier alpha value is -2.78. The molecule has 7 nitrogen and oxygen atoms in total. The molecule has 3 aromatic rings. The Morgan fingerprint density at radius 2 is 2.13 bits per heavy atom. The number of rotatable bonds is 6. The van der Waals surface area contributed by atoms with Gasteiger partial charge in [-0.05, 0) is 56.8 Å². The maximum absolute atomic E-state index is 12.3. The first-order chi connectivity index (χ1) is 14.5. The lowest BCUT2D eigenvalue weighted by Crippen LogP contribution is -2.35. The Kier molecular flexibility index (Phi) is 5.83. The van der Waals surface area contributed by atoms with Crippen LogP contribution in [0.4, 0.5) is 0 Å². The summed E-state index contributed by atoms with van der Waals surface area (Å²) in [6.07, 6.45) is 3.57. The van der Waals surface area contributed by atoms with Crippen LogP contribution in [-0.4, -0.2) is 43.7 Å². The van der Waals surface area contributed by atoms with Crippen molar-refractivity contribution < 1.29 is 9.53 Å². The first-order valence-corrected chi connectivity index (χ1v) is 11.0. The number of pyridine rings is 1. The van der Waals surface area contributed by atoms with Crippen molar-refractivity contribution in [1.82, 2.24) is 24.8 Å². The summed E-state index contributed by atoms with van der Waals surface area (Å²) < 4.78 is 7.34. The predicted molar refractivity (Wildman–Crippen MR) is 120 cm³/mol. The molecule has 4 heterocycles. The summed E-state index contributed by atoms with van der Waals surface area (Å²) in [5, 5.41) is 6.76. The average Bonchev–Trinajstić information content (AvgIpc) is 3.42. The van der Waals surface area contributed by atoms with Crippen LogP contribution in [0.2, 0.25) is 0 Å². The molecule has 30 heavy (non-hydrogen) atoms. The van der Waals surface area contributed by atoms with E-state index in [1.807, 2.05) is 28.5 Å². The number of carbonyl (C=O) groups excluding carboxylic acids is 1. The molecule has 3 aromatic heterocycles. The fraction of sp³-hybridized carbons (Fsp3) is 0.333. The molecular weight excluding hydrogens is 418 g/mol. The molecule has 9 heteroatoms. The number of aryl methyl sites for hydroxylation is 1. The second kappa shape index (κ2) is 8.53. The van der Waals surface area contributed by atoms with Gasteiger partial charge in [0.25, 0.3) is 0 Å². The molecule has 0 amide bonds. The minimum Gasteiger partial charge on any atom is -0.465 e. The number of nitrogens with one attached hydrogen (secondary N) is 1. The molecule has 1 aliphatic rings.